The van der Waals surface area contributed by atoms with E-state index in [2.05, 4.69) is 5.32 Å². The Morgan fingerprint density at radius 3 is 2.50 bits per heavy atom. The second-order valence-electron chi connectivity index (χ2n) is 2.39. The van der Waals surface area contributed by atoms with E-state index in [4.69, 9.17) is 0 Å². The van der Waals surface area contributed by atoms with Crippen LogP contribution in [-0.2, 0) is 0 Å². The maximum absolute atomic E-state index is 13.1. The van der Waals surface area contributed by atoms with E-state index in [9.17, 15) is 18.9 Å². The van der Waals surface area contributed by atoms with Gasteiger partial charge in [0.1, 0.15) is 0 Å². The lowest BCUT2D eigenvalue weighted by molar-refractivity contribution is -0.384. The van der Waals surface area contributed by atoms with Gasteiger partial charge < -0.3 is 5.32 Å². The molecule has 0 amide bonds. The molecule has 1 aromatic carbocycles. The Bertz CT molecular complexity index is 398. The van der Waals surface area contributed by atoms with Gasteiger partial charge in [0, 0.05) is 13.1 Å². The summed E-state index contributed by atoms with van der Waals surface area (Å²) in [7, 11) is 1.29. The van der Waals surface area contributed by atoms with Crippen LogP contribution in [-0.4, -0.2) is 12.0 Å². The number of anilines is 1. The predicted octanol–water partition coefficient (Wildman–Crippen LogP) is 2.52. The molecule has 14 heavy (non-hydrogen) atoms. The topological polar surface area (TPSA) is 55.2 Å². The molecule has 0 saturated carbocycles. The smallest absolute Gasteiger partial charge is 0.296 e. The van der Waals surface area contributed by atoms with Crippen molar-refractivity contribution in [3.8, 4) is 0 Å². The van der Waals surface area contributed by atoms with Crippen molar-refractivity contribution in [2.24, 2.45) is 0 Å². The van der Waals surface area contributed by atoms with E-state index in [0.717, 1.165) is 6.07 Å². The number of hydrogen-bond donors (Lipinski definition) is 1. The summed E-state index contributed by atoms with van der Waals surface area (Å²) in [5.74, 6) is -2.31. The Kier molecular flexibility index (Phi) is 3.19. The highest BCUT2D eigenvalue weighted by Crippen LogP contribution is 2.31. The van der Waals surface area contributed by atoms with E-state index in [0.29, 0.717) is 0 Å². The van der Waals surface area contributed by atoms with Crippen molar-refractivity contribution in [1.82, 2.24) is 0 Å². The van der Waals surface area contributed by atoms with Gasteiger partial charge in [-0.15, -0.1) is 0 Å². The van der Waals surface area contributed by atoms with Crippen molar-refractivity contribution in [1.29, 1.82) is 0 Å². The summed E-state index contributed by atoms with van der Waals surface area (Å²) >= 11 is 1.49. The molecule has 76 valence electrons. The van der Waals surface area contributed by atoms with Gasteiger partial charge in [0.15, 0.2) is 17.3 Å². The third-order valence-electron chi connectivity index (χ3n) is 1.59. The molecule has 0 saturated heterocycles. The lowest BCUT2D eigenvalue weighted by Crippen LogP contribution is -2.03. The van der Waals surface area contributed by atoms with Crippen LogP contribution in [0.1, 0.15) is 0 Å². The van der Waals surface area contributed by atoms with E-state index in [1.54, 1.807) is 0 Å². The monoisotopic (exact) mass is 314 g/mol. The van der Waals surface area contributed by atoms with Crippen LogP contribution in [0.5, 0.6) is 0 Å². The van der Waals surface area contributed by atoms with Crippen molar-refractivity contribution < 1.29 is 13.7 Å². The van der Waals surface area contributed by atoms with Crippen LogP contribution < -0.4 is 5.32 Å². The minimum Gasteiger partial charge on any atom is -0.380 e. The number of nitrogens with one attached hydrogen (secondary N) is 1. The largest absolute Gasteiger partial charge is 0.380 e. The first-order valence-corrected chi connectivity index (χ1v) is 4.56. The second kappa shape index (κ2) is 4.03. The first-order chi connectivity index (χ1) is 6.49. The van der Waals surface area contributed by atoms with Gasteiger partial charge in [0.2, 0.25) is 0 Å². The third-order valence-corrected chi connectivity index (χ3v) is 2.37. The molecule has 0 radical (unpaired) electrons. The number of halogens is 3. The molecule has 0 aromatic heterocycles. The number of benzene rings is 1. The number of rotatable bonds is 2. The molecule has 0 aliphatic carbocycles. The lowest BCUT2D eigenvalue weighted by Gasteiger charge is -2.05. The summed E-state index contributed by atoms with van der Waals surface area (Å²) in [4.78, 5) is 9.70. The first-order valence-electron chi connectivity index (χ1n) is 3.48. The highest BCUT2D eigenvalue weighted by Gasteiger charge is 2.23. The molecular formula is C7H5F2IN2O2. The van der Waals surface area contributed by atoms with Crippen LogP contribution in [0.3, 0.4) is 0 Å². The van der Waals surface area contributed by atoms with Crippen molar-refractivity contribution in [3.63, 3.8) is 0 Å². The average molecular weight is 314 g/mol. The SMILES string of the molecule is CNc1c([N+](=O)[O-])cc(I)c(F)c1F. The van der Waals surface area contributed by atoms with Gasteiger partial charge in [-0.3, -0.25) is 10.1 Å². The molecule has 0 heterocycles. The van der Waals surface area contributed by atoms with Gasteiger partial charge in [-0.25, -0.2) is 8.78 Å². The molecule has 0 bridgehead atoms. The summed E-state index contributed by atoms with van der Waals surface area (Å²) in [5.41, 5.74) is -0.913. The minimum atomic E-state index is -1.23. The average Bonchev–Trinajstić information content (AvgIpc) is 2.13. The molecule has 0 unspecified atom stereocenters. The van der Waals surface area contributed by atoms with Gasteiger partial charge in [0.05, 0.1) is 8.49 Å². The number of hydrogen-bond acceptors (Lipinski definition) is 3. The highest BCUT2D eigenvalue weighted by atomic mass is 127. The van der Waals surface area contributed by atoms with Crippen LogP contribution in [0.25, 0.3) is 0 Å². The van der Waals surface area contributed by atoms with E-state index in [1.165, 1.54) is 29.6 Å². The van der Waals surface area contributed by atoms with Crippen LogP contribution in [0, 0.1) is 25.3 Å². The van der Waals surface area contributed by atoms with Gasteiger partial charge in [-0.1, -0.05) is 0 Å². The van der Waals surface area contributed by atoms with Crippen LogP contribution in [0.4, 0.5) is 20.2 Å². The molecule has 1 rings (SSSR count). The van der Waals surface area contributed by atoms with Crippen molar-refractivity contribution in [2.75, 3.05) is 12.4 Å². The summed E-state index contributed by atoms with van der Waals surface area (Å²) in [6, 6.07) is 0.977. The fourth-order valence-corrected chi connectivity index (χ4v) is 1.50. The Balaban J connectivity index is 3.51. The fraction of sp³-hybridized carbons (Fsp3) is 0.143. The Labute approximate surface area is 91.6 Å². The van der Waals surface area contributed by atoms with Crippen LogP contribution in [0.2, 0.25) is 0 Å². The van der Waals surface area contributed by atoms with E-state index in [1.807, 2.05) is 0 Å². The summed E-state index contributed by atoms with van der Waals surface area (Å²) < 4.78 is 26.0. The molecule has 0 aliphatic rings. The maximum atomic E-state index is 13.1. The molecule has 0 aliphatic heterocycles. The minimum absolute atomic E-state index is 0.120. The quantitative estimate of drug-likeness (QED) is 0.395. The molecule has 4 nitrogen and oxygen atoms in total. The van der Waals surface area contributed by atoms with Crippen molar-refractivity contribution in [3.05, 3.63) is 31.4 Å². The zero-order valence-corrected chi connectivity index (χ0v) is 9.13. The molecule has 0 fully saturated rings. The maximum Gasteiger partial charge on any atom is 0.296 e. The van der Waals surface area contributed by atoms with E-state index < -0.39 is 27.9 Å². The van der Waals surface area contributed by atoms with Crippen LogP contribution >= 0.6 is 22.6 Å². The van der Waals surface area contributed by atoms with Crippen molar-refractivity contribution in [2.45, 2.75) is 0 Å². The normalized spacial score (nSPS) is 10.0. The first kappa shape index (κ1) is 11.1. The molecule has 7 heteroatoms. The van der Waals surface area contributed by atoms with Gasteiger partial charge in [0.25, 0.3) is 5.69 Å². The fourth-order valence-electron chi connectivity index (χ4n) is 0.964. The summed E-state index contributed by atoms with van der Waals surface area (Å²) in [6.45, 7) is 0. The number of nitro groups is 1. The lowest BCUT2D eigenvalue weighted by atomic mass is 10.2. The Hall–Kier alpha value is -0.990. The zero-order chi connectivity index (χ0) is 10.9. The second-order valence-corrected chi connectivity index (χ2v) is 3.55. The van der Waals surface area contributed by atoms with Crippen LogP contribution in [0.15, 0.2) is 6.07 Å². The van der Waals surface area contributed by atoms with E-state index in [-0.39, 0.29) is 3.57 Å². The summed E-state index contributed by atoms with van der Waals surface area (Å²) in [6.07, 6.45) is 0. The summed E-state index contributed by atoms with van der Waals surface area (Å²) in [5, 5.41) is 12.7. The molecule has 1 N–H and O–H groups in total. The Morgan fingerprint density at radius 1 is 1.50 bits per heavy atom. The molecular weight excluding hydrogens is 309 g/mol. The van der Waals surface area contributed by atoms with Crippen molar-refractivity contribution >= 4 is 34.0 Å². The van der Waals surface area contributed by atoms with Gasteiger partial charge >= 0.3 is 0 Å². The highest BCUT2D eigenvalue weighted by molar-refractivity contribution is 14.1. The number of nitrogens with zero attached hydrogens (tertiary/aromatic N) is 1. The zero-order valence-electron chi connectivity index (χ0n) is 6.97. The Morgan fingerprint density at radius 2 is 2.07 bits per heavy atom. The molecule has 1 aromatic rings. The molecule has 0 atom stereocenters. The third kappa shape index (κ3) is 1.76. The van der Waals surface area contributed by atoms with Gasteiger partial charge in [-0.2, -0.15) is 0 Å². The standard InChI is InChI=1S/C7H5F2IN2O2/c1-11-7-4(12(13)14)2-3(10)5(8)6(7)9/h2,11H,1H3. The van der Waals surface area contributed by atoms with E-state index >= 15 is 0 Å². The molecule has 0 spiro atoms. The van der Waals surface area contributed by atoms with Gasteiger partial charge in [-0.05, 0) is 22.6 Å². The number of nitro benzene ring substituents is 1. The predicted molar refractivity (Wildman–Crippen MR) is 55.3 cm³/mol.